The van der Waals surface area contributed by atoms with Crippen molar-refractivity contribution in [2.24, 2.45) is 5.16 Å². The minimum atomic E-state index is -3.58. The van der Waals surface area contributed by atoms with Gasteiger partial charge in [-0.15, -0.1) is 0 Å². The minimum absolute atomic E-state index is 0.131. The summed E-state index contributed by atoms with van der Waals surface area (Å²) < 4.78 is 26.5. The number of anilines is 1. The lowest BCUT2D eigenvalue weighted by molar-refractivity contribution is -0.120. The number of sulfonamides is 1. The number of hydrogen-bond donors (Lipinski definition) is 1. The molecule has 144 valence electrons. The lowest BCUT2D eigenvalue weighted by Gasteiger charge is -2.18. The predicted molar refractivity (Wildman–Crippen MR) is 105 cm³/mol. The molecule has 0 spiro atoms. The number of oxime groups is 1. The first kappa shape index (κ1) is 20.6. The molecular weight excluding hydrogens is 366 g/mol. The summed E-state index contributed by atoms with van der Waals surface area (Å²) >= 11 is 0. The van der Waals surface area contributed by atoms with Crippen molar-refractivity contribution < 1.29 is 18.0 Å². The predicted octanol–water partition coefficient (Wildman–Crippen LogP) is 2.71. The van der Waals surface area contributed by atoms with Crippen LogP contribution in [0.4, 0.5) is 5.69 Å². The van der Waals surface area contributed by atoms with Gasteiger partial charge in [0.25, 0.3) is 5.91 Å². The number of nitrogens with one attached hydrogen (secondary N) is 1. The molecule has 0 heterocycles. The van der Waals surface area contributed by atoms with Gasteiger partial charge in [0, 0.05) is 18.8 Å². The summed E-state index contributed by atoms with van der Waals surface area (Å²) in [6.07, 6.45) is 1.50. The van der Waals surface area contributed by atoms with Crippen LogP contribution >= 0.6 is 0 Å². The molecule has 1 N–H and O–H groups in total. The lowest BCUT2D eigenvalue weighted by atomic mass is 10.2. The summed E-state index contributed by atoms with van der Waals surface area (Å²) in [7, 11) is -3.58. The Hall–Kier alpha value is -2.71. The topological polar surface area (TPSA) is 88.1 Å². The zero-order valence-electron chi connectivity index (χ0n) is 15.3. The van der Waals surface area contributed by atoms with Crippen molar-refractivity contribution in [1.29, 1.82) is 0 Å². The molecule has 27 heavy (non-hydrogen) atoms. The zero-order valence-corrected chi connectivity index (χ0v) is 16.1. The molecule has 0 saturated heterocycles. The minimum Gasteiger partial charge on any atom is -0.386 e. The van der Waals surface area contributed by atoms with Crippen molar-refractivity contribution >= 4 is 27.8 Å². The molecule has 0 bridgehead atoms. The van der Waals surface area contributed by atoms with E-state index in [2.05, 4.69) is 10.5 Å². The van der Waals surface area contributed by atoms with Gasteiger partial charge in [-0.25, -0.2) is 8.42 Å². The molecule has 0 saturated carbocycles. The zero-order chi connectivity index (χ0) is 19.7. The number of amides is 1. The normalized spacial score (nSPS) is 11.7. The molecule has 7 nitrogen and oxygen atoms in total. The monoisotopic (exact) mass is 389 g/mol. The summed E-state index contributed by atoms with van der Waals surface area (Å²) in [4.78, 5) is 17.1. The van der Waals surface area contributed by atoms with Gasteiger partial charge in [-0.3, -0.25) is 4.79 Å². The molecule has 0 radical (unpaired) electrons. The quantitative estimate of drug-likeness (QED) is 0.528. The van der Waals surface area contributed by atoms with Gasteiger partial charge in [-0.2, -0.15) is 4.31 Å². The van der Waals surface area contributed by atoms with Crippen LogP contribution in [0.5, 0.6) is 0 Å². The molecule has 2 rings (SSSR count). The number of carbonyl (C=O) groups excluding carboxylic acids is 1. The lowest BCUT2D eigenvalue weighted by Crippen LogP contribution is -2.30. The fourth-order valence-electron chi connectivity index (χ4n) is 2.38. The second-order valence-electron chi connectivity index (χ2n) is 5.58. The highest BCUT2D eigenvalue weighted by atomic mass is 32.2. The summed E-state index contributed by atoms with van der Waals surface area (Å²) in [5.74, 6) is -0.433. The molecule has 0 atom stereocenters. The van der Waals surface area contributed by atoms with Gasteiger partial charge >= 0.3 is 0 Å². The maximum absolute atomic E-state index is 12.5. The average Bonchev–Trinajstić information content (AvgIpc) is 2.67. The maximum Gasteiger partial charge on any atom is 0.265 e. The molecule has 8 heteroatoms. The van der Waals surface area contributed by atoms with Gasteiger partial charge in [0.15, 0.2) is 6.61 Å². The van der Waals surface area contributed by atoms with Crippen LogP contribution in [-0.2, 0) is 19.7 Å². The Kier molecular flexibility index (Phi) is 7.51. The maximum atomic E-state index is 12.5. The van der Waals surface area contributed by atoms with Crippen molar-refractivity contribution in [2.45, 2.75) is 18.7 Å². The number of benzene rings is 2. The summed E-state index contributed by atoms with van der Waals surface area (Å²) in [5, 5.41) is 6.34. The Morgan fingerprint density at radius 1 is 1.11 bits per heavy atom. The molecule has 0 aliphatic heterocycles. The molecule has 1 amide bonds. The summed E-state index contributed by atoms with van der Waals surface area (Å²) in [5.41, 5.74) is 1.23. The van der Waals surface area contributed by atoms with Crippen LogP contribution in [0.2, 0.25) is 0 Å². The van der Waals surface area contributed by atoms with E-state index in [-0.39, 0.29) is 11.5 Å². The summed E-state index contributed by atoms with van der Waals surface area (Å²) in [6.45, 7) is 4.03. The third-order valence-corrected chi connectivity index (χ3v) is 5.78. The van der Waals surface area contributed by atoms with Crippen molar-refractivity contribution in [3.8, 4) is 0 Å². The third-order valence-electron chi connectivity index (χ3n) is 3.73. The van der Waals surface area contributed by atoms with Crippen molar-refractivity contribution in [3.63, 3.8) is 0 Å². The van der Waals surface area contributed by atoms with E-state index in [9.17, 15) is 13.2 Å². The fourth-order valence-corrected chi connectivity index (χ4v) is 3.88. The Morgan fingerprint density at radius 2 is 1.81 bits per heavy atom. The van der Waals surface area contributed by atoms with Crippen molar-refractivity contribution in [1.82, 2.24) is 4.31 Å². The first-order valence-corrected chi connectivity index (χ1v) is 10.0. The number of rotatable bonds is 9. The van der Waals surface area contributed by atoms with Crippen LogP contribution in [-0.4, -0.2) is 44.5 Å². The third kappa shape index (κ3) is 5.90. The van der Waals surface area contributed by atoms with Crippen molar-refractivity contribution in [2.75, 3.05) is 25.0 Å². The van der Waals surface area contributed by atoms with Crippen LogP contribution in [0.15, 0.2) is 64.6 Å². The van der Waals surface area contributed by atoms with Crippen molar-refractivity contribution in [3.05, 3.63) is 60.2 Å². The van der Waals surface area contributed by atoms with Gasteiger partial charge in [-0.1, -0.05) is 55.4 Å². The van der Waals surface area contributed by atoms with E-state index >= 15 is 0 Å². The second kappa shape index (κ2) is 9.84. The first-order valence-electron chi connectivity index (χ1n) is 8.57. The highest BCUT2D eigenvalue weighted by Gasteiger charge is 2.21. The van der Waals surface area contributed by atoms with Gasteiger partial charge in [-0.05, 0) is 23.8 Å². The van der Waals surface area contributed by atoms with Crippen LogP contribution < -0.4 is 5.32 Å². The van der Waals surface area contributed by atoms with Gasteiger partial charge in [0.1, 0.15) is 0 Å². The van der Waals surface area contributed by atoms with E-state index in [1.165, 1.54) is 22.7 Å². The fraction of sp³-hybridized carbons (Fsp3) is 0.263. The second-order valence-corrected chi connectivity index (χ2v) is 7.52. The molecule has 0 aliphatic carbocycles. The number of hydrogen-bond acceptors (Lipinski definition) is 5. The van der Waals surface area contributed by atoms with Gasteiger partial charge in [0.05, 0.1) is 11.1 Å². The van der Waals surface area contributed by atoms with E-state index < -0.39 is 15.9 Å². The van der Waals surface area contributed by atoms with Gasteiger partial charge in [0.2, 0.25) is 10.0 Å². The van der Waals surface area contributed by atoms with E-state index in [4.69, 9.17) is 4.84 Å². The number of carbonyl (C=O) groups is 1. The van der Waals surface area contributed by atoms with Crippen LogP contribution in [0.3, 0.4) is 0 Å². The molecule has 0 aliphatic rings. The standard InChI is InChI=1S/C19H23N3O4S/c1-3-22(4-2)27(24,25)18-12-8-11-17(13-18)21-19(23)15-26-20-14-16-9-6-5-7-10-16/h5-14H,3-4,15H2,1-2H3,(H,21,23)/b20-14-. The average molecular weight is 389 g/mol. The van der Waals surface area contributed by atoms with Crippen LogP contribution in [0, 0.1) is 0 Å². The molecule has 0 fully saturated rings. The molecular formula is C19H23N3O4S. The Morgan fingerprint density at radius 3 is 2.48 bits per heavy atom. The van der Waals surface area contributed by atoms with E-state index in [0.717, 1.165) is 5.56 Å². The van der Waals surface area contributed by atoms with E-state index in [1.807, 2.05) is 30.3 Å². The molecule has 2 aromatic carbocycles. The van der Waals surface area contributed by atoms with Crippen LogP contribution in [0.25, 0.3) is 0 Å². The Bertz CT molecular complexity index is 879. The molecule has 0 aromatic heterocycles. The largest absolute Gasteiger partial charge is 0.386 e. The molecule has 0 unspecified atom stereocenters. The van der Waals surface area contributed by atoms with E-state index in [0.29, 0.717) is 18.8 Å². The van der Waals surface area contributed by atoms with Gasteiger partial charge < -0.3 is 10.2 Å². The highest BCUT2D eigenvalue weighted by molar-refractivity contribution is 7.89. The van der Waals surface area contributed by atoms with E-state index in [1.54, 1.807) is 26.0 Å². The SMILES string of the molecule is CCN(CC)S(=O)(=O)c1cccc(NC(=O)CO/N=C\c2ccccc2)c1. The highest BCUT2D eigenvalue weighted by Crippen LogP contribution is 2.19. The Labute approximate surface area is 159 Å². The van der Waals surface area contributed by atoms with Crippen LogP contribution in [0.1, 0.15) is 19.4 Å². The first-order chi connectivity index (χ1) is 13.0. The smallest absolute Gasteiger partial charge is 0.265 e. The Balaban J connectivity index is 1.95. The summed E-state index contributed by atoms with van der Waals surface area (Å²) in [6, 6.07) is 15.5. The number of nitrogens with zero attached hydrogens (tertiary/aromatic N) is 2. The molecule has 2 aromatic rings.